The number of amides is 2. The molecule has 1 saturated heterocycles. The van der Waals surface area contributed by atoms with Crippen LogP contribution < -0.4 is 5.32 Å². The molecule has 0 aliphatic carbocycles. The van der Waals surface area contributed by atoms with Crippen molar-refractivity contribution in [1.29, 1.82) is 0 Å². The van der Waals surface area contributed by atoms with Gasteiger partial charge in [-0.2, -0.15) is 0 Å². The molecule has 1 fully saturated rings. The number of non-ortho nitro benzene ring substituents is 1. The van der Waals surface area contributed by atoms with Crippen molar-refractivity contribution in [2.45, 2.75) is 19.3 Å². The number of carbonyl (C=O) groups is 2. The molecule has 3 rings (SSSR count). The van der Waals surface area contributed by atoms with Crippen molar-refractivity contribution < 1.29 is 14.5 Å². The lowest BCUT2D eigenvalue weighted by molar-refractivity contribution is -0.384. The predicted molar refractivity (Wildman–Crippen MR) is 110 cm³/mol. The maximum absolute atomic E-state index is 13.1. The molecule has 0 bridgehead atoms. The molecule has 8 heteroatoms. The number of halogens is 1. The first-order valence-electron chi connectivity index (χ1n) is 9.27. The minimum Gasteiger partial charge on any atom is -0.337 e. The Morgan fingerprint density at radius 3 is 2.14 bits per heavy atom. The van der Waals surface area contributed by atoms with Gasteiger partial charge in [-0.3, -0.25) is 19.7 Å². The summed E-state index contributed by atoms with van der Waals surface area (Å²) in [5, 5.41) is 13.6. The first-order chi connectivity index (χ1) is 14.0. The Kier molecular flexibility index (Phi) is 6.61. The van der Waals surface area contributed by atoms with E-state index in [1.807, 2.05) is 6.07 Å². The second-order valence-corrected chi connectivity index (χ2v) is 7.04. The predicted octanol–water partition coefficient (Wildman–Crippen LogP) is 3.94. The van der Waals surface area contributed by atoms with Crippen LogP contribution in [0.3, 0.4) is 0 Å². The molecule has 0 atom stereocenters. The normalized spacial score (nSPS) is 14.7. The molecule has 2 aromatic carbocycles. The summed E-state index contributed by atoms with van der Waals surface area (Å²) in [6.45, 7) is 1.21. The summed E-state index contributed by atoms with van der Waals surface area (Å²) in [5.41, 5.74) is 0.683. The Bertz CT molecular complexity index is 936. The topological polar surface area (TPSA) is 92.6 Å². The maximum atomic E-state index is 13.1. The zero-order valence-electron chi connectivity index (χ0n) is 15.6. The largest absolute Gasteiger partial charge is 0.337 e. The van der Waals surface area contributed by atoms with Crippen LogP contribution in [0.15, 0.2) is 60.3 Å². The van der Waals surface area contributed by atoms with Gasteiger partial charge in [-0.05, 0) is 37.0 Å². The summed E-state index contributed by atoms with van der Waals surface area (Å²) in [7, 11) is 0. The number of piperidine rings is 1. The molecule has 150 valence electrons. The Labute approximate surface area is 173 Å². The van der Waals surface area contributed by atoms with Crippen molar-refractivity contribution in [2.75, 3.05) is 13.1 Å². The van der Waals surface area contributed by atoms with Crippen molar-refractivity contribution in [3.63, 3.8) is 0 Å². The zero-order chi connectivity index (χ0) is 20.8. The summed E-state index contributed by atoms with van der Waals surface area (Å²) in [4.78, 5) is 37.8. The van der Waals surface area contributed by atoms with Crippen molar-refractivity contribution >= 4 is 34.1 Å². The molecule has 1 aliphatic heterocycles. The van der Waals surface area contributed by atoms with Crippen LogP contribution in [-0.2, 0) is 4.79 Å². The SMILES string of the molecule is O=C(N/C(C(=O)N1CCCCC1)=C(\Cl)c1ccccc1)c1ccc([N+](=O)[O-])cc1. The van der Waals surface area contributed by atoms with Crippen LogP contribution in [0.2, 0.25) is 0 Å². The highest BCUT2D eigenvalue weighted by atomic mass is 35.5. The molecule has 0 radical (unpaired) electrons. The monoisotopic (exact) mass is 413 g/mol. The van der Waals surface area contributed by atoms with Crippen LogP contribution in [0.25, 0.3) is 5.03 Å². The van der Waals surface area contributed by atoms with Crippen LogP contribution in [0.4, 0.5) is 5.69 Å². The Morgan fingerprint density at radius 1 is 0.931 bits per heavy atom. The quantitative estimate of drug-likeness (QED) is 0.456. The number of carbonyl (C=O) groups excluding carboxylic acids is 2. The maximum Gasteiger partial charge on any atom is 0.271 e. The van der Waals surface area contributed by atoms with Crippen molar-refractivity contribution in [1.82, 2.24) is 10.2 Å². The van der Waals surface area contributed by atoms with Gasteiger partial charge in [0.05, 0.1) is 9.96 Å². The van der Waals surface area contributed by atoms with E-state index in [0.717, 1.165) is 19.3 Å². The van der Waals surface area contributed by atoms with Crippen molar-refractivity contribution in [2.24, 2.45) is 0 Å². The highest BCUT2D eigenvalue weighted by Crippen LogP contribution is 2.24. The van der Waals surface area contributed by atoms with E-state index in [0.29, 0.717) is 18.7 Å². The van der Waals surface area contributed by atoms with E-state index in [-0.39, 0.29) is 27.9 Å². The number of nitrogens with zero attached hydrogens (tertiary/aromatic N) is 2. The van der Waals surface area contributed by atoms with Gasteiger partial charge in [0.15, 0.2) is 0 Å². The first-order valence-corrected chi connectivity index (χ1v) is 9.65. The smallest absolute Gasteiger partial charge is 0.271 e. The van der Waals surface area contributed by atoms with Crippen LogP contribution >= 0.6 is 11.6 Å². The molecule has 0 unspecified atom stereocenters. The second kappa shape index (κ2) is 9.34. The number of nitro groups is 1. The Hall–Kier alpha value is -3.19. The molecule has 1 aliphatic rings. The van der Waals surface area contributed by atoms with E-state index < -0.39 is 10.8 Å². The number of nitrogens with one attached hydrogen (secondary N) is 1. The molecule has 2 amide bonds. The third-order valence-electron chi connectivity index (χ3n) is 4.68. The van der Waals surface area contributed by atoms with Gasteiger partial charge in [-0.15, -0.1) is 0 Å². The summed E-state index contributed by atoms with van der Waals surface area (Å²) >= 11 is 6.51. The standard InChI is InChI=1S/C21H20ClN3O4/c22-18(15-7-3-1-4-8-15)19(21(27)24-13-5-2-6-14-24)23-20(26)16-9-11-17(12-10-16)25(28)29/h1,3-4,7-12H,2,5-6,13-14H2,(H,23,26)/b19-18-. The molecule has 29 heavy (non-hydrogen) atoms. The fourth-order valence-electron chi connectivity index (χ4n) is 3.11. The Morgan fingerprint density at radius 2 is 1.55 bits per heavy atom. The molecular formula is C21H20ClN3O4. The fraction of sp³-hybridized carbons (Fsp3) is 0.238. The van der Waals surface area contributed by atoms with Crippen LogP contribution in [-0.4, -0.2) is 34.7 Å². The van der Waals surface area contributed by atoms with E-state index in [2.05, 4.69) is 5.32 Å². The molecule has 1 N–H and O–H groups in total. The van der Waals surface area contributed by atoms with Gasteiger partial charge in [0, 0.05) is 30.8 Å². The lowest BCUT2D eigenvalue weighted by atomic mass is 10.1. The number of benzene rings is 2. The third-order valence-corrected chi connectivity index (χ3v) is 5.09. The first kappa shape index (κ1) is 20.5. The highest BCUT2D eigenvalue weighted by Gasteiger charge is 2.25. The van der Waals surface area contributed by atoms with E-state index in [4.69, 9.17) is 11.6 Å². The Balaban J connectivity index is 1.91. The zero-order valence-corrected chi connectivity index (χ0v) is 16.4. The van der Waals surface area contributed by atoms with E-state index in [1.165, 1.54) is 24.3 Å². The number of rotatable bonds is 5. The van der Waals surface area contributed by atoms with E-state index in [1.54, 1.807) is 29.2 Å². The fourth-order valence-corrected chi connectivity index (χ4v) is 3.36. The number of likely N-dealkylation sites (tertiary alicyclic amines) is 1. The van der Waals surface area contributed by atoms with Crippen LogP contribution in [0.1, 0.15) is 35.2 Å². The minimum atomic E-state index is -0.561. The van der Waals surface area contributed by atoms with Crippen LogP contribution in [0.5, 0.6) is 0 Å². The summed E-state index contributed by atoms with van der Waals surface area (Å²) in [6.07, 6.45) is 2.86. The number of nitro benzene ring substituents is 1. The van der Waals surface area contributed by atoms with Crippen LogP contribution in [0, 0.1) is 10.1 Å². The molecule has 1 heterocycles. The molecule has 0 aromatic heterocycles. The summed E-state index contributed by atoms with van der Waals surface area (Å²) in [5.74, 6) is -0.900. The molecule has 0 saturated carbocycles. The van der Waals surface area contributed by atoms with Gasteiger partial charge in [-0.1, -0.05) is 41.9 Å². The van der Waals surface area contributed by atoms with Gasteiger partial charge < -0.3 is 10.2 Å². The van der Waals surface area contributed by atoms with E-state index >= 15 is 0 Å². The average molecular weight is 414 g/mol. The lowest BCUT2D eigenvalue weighted by Crippen LogP contribution is -2.41. The third kappa shape index (κ3) is 5.00. The molecule has 0 spiro atoms. The number of hydrogen-bond donors (Lipinski definition) is 1. The van der Waals surface area contributed by atoms with Gasteiger partial charge >= 0.3 is 0 Å². The van der Waals surface area contributed by atoms with Gasteiger partial charge in [0.25, 0.3) is 17.5 Å². The van der Waals surface area contributed by atoms with Gasteiger partial charge in [0.2, 0.25) is 0 Å². The molecular weight excluding hydrogens is 394 g/mol. The molecule has 2 aromatic rings. The molecule has 7 nitrogen and oxygen atoms in total. The summed E-state index contributed by atoms with van der Waals surface area (Å²) < 4.78 is 0. The van der Waals surface area contributed by atoms with Gasteiger partial charge in [0.1, 0.15) is 5.70 Å². The lowest BCUT2D eigenvalue weighted by Gasteiger charge is -2.28. The minimum absolute atomic E-state index is 0.00289. The van der Waals surface area contributed by atoms with Crippen molar-refractivity contribution in [3.05, 3.63) is 81.5 Å². The summed E-state index contributed by atoms with van der Waals surface area (Å²) in [6, 6.07) is 14.1. The van der Waals surface area contributed by atoms with Crippen molar-refractivity contribution in [3.8, 4) is 0 Å². The number of hydrogen-bond acceptors (Lipinski definition) is 4. The highest BCUT2D eigenvalue weighted by molar-refractivity contribution is 6.51. The van der Waals surface area contributed by atoms with E-state index in [9.17, 15) is 19.7 Å². The average Bonchev–Trinajstić information content (AvgIpc) is 2.77. The second-order valence-electron chi connectivity index (χ2n) is 6.67. The van der Waals surface area contributed by atoms with Gasteiger partial charge in [-0.25, -0.2) is 0 Å².